The van der Waals surface area contributed by atoms with Crippen LogP contribution in [0.5, 0.6) is 0 Å². The molecule has 2 heteroatoms. The molecular weight excluding hydrogens is 164 g/mol. The molecule has 4 rings (SSSR count). The van der Waals surface area contributed by atoms with Crippen LogP contribution in [0.1, 0.15) is 20.8 Å². The third-order valence-corrected chi connectivity index (χ3v) is 3.66. The first kappa shape index (κ1) is 8.01. The molecule has 0 radical (unpaired) electrons. The Balaban J connectivity index is 1.88. The molecule has 13 heavy (non-hydrogen) atoms. The van der Waals surface area contributed by atoms with Crippen LogP contribution in [0.4, 0.5) is 0 Å². The van der Waals surface area contributed by atoms with Crippen molar-refractivity contribution < 1.29 is 9.78 Å². The Labute approximate surface area is 78.8 Å². The Morgan fingerprint density at radius 3 is 1.69 bits per heavy atom. The zero-order valence-electron chi connectivity index (χ0n) is 8.36. The monoisotopic (exact) mass is 180 g/mol. The molecule has 2 fully saturated rings. The second-order valence-corrected chi connectivity index (χ2v) is 5.55. The fourth-order valence-electron chi connectivity index (χ4n) is 3.16. The van der Waals surface area contributed by atoms with Gasteiger partial charge in [0.2, 0.25) is 0 Å². The lowest BCUT2D eigenvalue weighted by molar-refractivity contribution is -0.364. The fourth-order valence-corrected chi connectivity index (χ4v) is 3.16. The predicted molar refractivity (Wildman–Crippen MR) is 48.8 cm³/mol. The largest absolute Gasteiger partial charge is 0.228 e. The van der Waals surface area contributed by atoms with Crippen molar-refractivity contribution in [2.75, 3.05) is 0 Å². The maximum atomic E-state index is 5.27. The molecule has 2 aliphatic heterocycles. The molecule has 0 spiro atoms. The van der Waals surface area contributed by atoms with Gasteiger partial charge in [0.05, 0.1) is 0 Å². The quantitative estimate of drug-likeness (QED) is 0.420. The van der Waals surface area contributed by atoms with Gasteiger partial charge in [-0.2, -0.15) is 0 Å². The Morgan fingerprint density at radius 2 is 1.38 bits per heavy atom. The van der Waals surface area contributed by atoms with Gasteiger partial charge in [-0.3, -0.25) is 0 Å². The lowest BCUT2D eigenvalue weighted by Gasteiger charge is -2.28. The molecule has 2 nitrogen and oxygen atoms in total. The van der Waals surface area contributed by atoms with E-state index in [4.69, 9.17) is 9.78 Å². The Kier molecular flexibility index (Phi) is 1.34. The highest BCUT2D eigenvalue weighted by molar-refractivity contribution is 5.22. The summed E-state index contributed by atoms with van der Waals surface area (Å²) in [5.74, 6) is 2.23. The molecule has 1 saturated carbocycles. The van der Waals surface area contributed by atoms with E-state index in [0.29, 0.717) is 5.41 Å². The molecule has 0 aromatic carbocycles. The molecular formula is C11H16O2. The van der Waals surface area contributed by atoms with E-state index in [9.17, 15) is 0 Å². The van der Waals surface area contributed by atoms with Crippen LogP contribution in [0, 0.1) is 23.2 Å². The van der Waals surface area contributed by atoms with Crippen LogP contribution < -0.4 is 0 Å². The van der Waals surface area contributed by atoms with Gasteiger partial charge >= 0.3 is 0 Å². The van der Waals surface area contributed by atoms with Crippen molar-refractivity contribution in [2.24, 2.45) is 23.2 Å². The Bertz CT molecular complexity index is 244. The Morgan fingerprint density at radius 1 is 0.923 bits per heavy atom. The molecule has 72 valence electrons. The highest BCUT2D eigenvalue weighted by atomic mass is 17.2. The van der Waals surface area contributed by atoms with Crippen LogP contribution in [-0.4, -0.2) is 12.2 Å². The van der Waals surface area contributed by atoms with Crippen molar-refractivity contribution in [3.63, 3.8) is 0 Å². The normalized spacial score (nSPS) is 52.1. The van der Waals surface area contributed by atoms with Gasteiger partial charge in [0.1, 0.15) is 12.2 Å². The van der Waals surface area contributed by atoms with E-state index in [2.05, 4.69) is 32.9 Å². The lowest BCUT2D eigenvalue weighted by atomic mass is 9.87. The molecule has 1 saturated heterocycles. The summed E-state index contributed by atoms with van der Waals surface area (Å²) in [6.07, 6.45) is 4.81. The highest BCUT2D eigenvalue weighted by Gasteiger charge is 2.66. The third kappa shape index (κ3) is 0.960. The van der Waals surface area contributed by atoms with Crippen molar-refractivity contribution in [1.29, 1.82) is 0 Å². The second kappa shape index (κ2) is 2.18. The van der Waals surface area contributed by atoms with E-state index in [0.717, 1.165) is 17.8 Å². The zero-order chi connectivity index (χ0) is 9.22. The van der Waals surface area contributed by atoms with Gasteiger partial charge in [-0.1, -0.05) is 32.9 Å². The van der Waals surface area contributed by atoms with E-state index in [1.165, 1.54) is 0 Å². The summed E-state index contributed by atoms with van der Waals surface area (Å²) in [6.45, 7) is 6.94. The molecule has 5 atom stereocenters. The number of hydrogen-bond acceptors (Lipinski definition) is 2. The van der Waals surface area contributed by atoms with Crippen molar-refractivity contribution in [3.05, 3.63) is 12.2 Å². The lowest BCUT2D eigenvalue weighted by Crippen LogP contribution is -2.32. The predicted octanol–water partition coefficient (Wildman–Crippen LogP) is 2.16. The van der Waals surface area contributed by atoms with Crippen molar-refractivity contribution >= 4 is 0 Å². The van der Waals surface area contributed by atoms with Gasteiger partial charge in [-0.15, -0.1) is 0 Å². The van der Waals surface area contributed by atoms with Crippen LogP contribution in [0.3, 0.4) is 0 Å². The summed E-state index contributed by atoms with van der Waals surface area (Å²) >= 11 is 0. The molecule has 0 amide bonds. The molecule has 2 bridgehead atoms. The average molecular weight is 180 g/mol. The van der Waals surface area contributed by atoms with E-state index in [1.807, 2.05) is 0 Å². The first-order valence-corrected chi connectivity index (χ1v) is 5.09. The molecule has 2 heterocycles. The van der Waals surface area contributed by atoms with Crippen LogP contribution in [0.25, 0.3) is 0 Å². The SMILES string of the molecule is CC(C)(C)C1[C@@H]2[C@@H]1[C@H]1C=C[C@@H]2OO1. The van der Waals surface area contributed by atoms with E-state index in [-0.39, 0.29) is 12.2 Å². The maximum absolute atomic E-state index is 5.27. The average Bonchev–Trinajstić information content (AvgIpc) is 2.80. The maximum Gasteiger partial charge on any atom is 0.115 e. The van der Waals surface area contributed by atoms with Crippen LogP contribution >= 0.6 is 0 Å². The van der Waals surface area contributed by atoms with Crippen LogP contribution in [-0.2, 0) is 9.78 Å². The fraction of sp³-hybridized carbons (Fsp3) is 0.818. The van der Waals surface area contributed by atoms with Crippen molar-refractivity contribution in [3.8, 4) is 0 Å². The summed E-state index contributed by atoms with van der Waals surface area (Å²) < 4.78 is 0. The molecule has 0 aromatic heterocycles. The van der Waals surface area contributed by atoms with Crippen LogP contribution in [0.15, 0.2) is 12.2 Å². The minimum absolute atomic E-state index is 0.235. The smallest absolute Gasteiger partial charge is 0.115 e. The molecule has 4 aliphatic rings. The number of rotatable bonds is 0. The molecule has 0 aromatic rings. The molecule has 2 aliphatic carbocycles. The van der Waals surface area contributed by atoms with E-state index >= 15 is 0 Å². The molecule has 0 N–H and O–H groups in total. The van der Waals surface area contributed by atoms with Gasteiger partial charge in [0.25, 0.3) is 0 Å². The first-order chi connectivity index (χ1) is 6.09. The minimum atomic E-state index is 0.235. The van der Waals surface area contributed by atoms with Gasteiger partial charge < -0.3 is 0 Å². The third-order valence-electron chi connectivity index (χ3n) is 3.66. The summed E-state index contributed by atoms with van der Waals surface area (Å²) in [7, 11) is 0. The standard InChI is InChI=1S/C11H16O2/c1-11(2,3)10-8-6-4-5-7(9(8)10)13-12-6/h4-10H,1-3H3/t6-,7+,8-,9-,10?/m0/s1. The Hall–Kier alpha value is -0.340. The number of hydrogen-bond donors (Lipinski definition) is 0. The number of fused-ring (bicyclic) bond motifs is 1. The van der Waals surface area contributed by atoms with Gasteiger partial charge in [0.15, 0.2) is 0 Å². The first-order valence-electron chi connectivity index (χ1n) is 5.09. The van der Waals surface area contributed by atoms with Crippen molar-refractivity contribution in [1.82, 2.24) is 0 Å². The minimum Gasteiger partial charge on any atom is -0.228 e. The highest BCUT2D eigenvalue weighted by Crippen LogP contribution is 2.64. The summed E-state index contributed by atoms with van der Waals surface area (Å²) in [6, 6.07) is 0. The zero-order valence-corrected chi connectivity index (χ0v) is 8.36. The van der Waals surface area contributed by atoms with Gasteiger partial charge in [-0.05, 0) is 11.3 Å². The van der Waals surface area contributed by atoms with Gasteiger partial charge in [-0.25, -0.2) is 9.78 Å². The second-order valence-electron chi connectivity index (χ2n) is 5.55. The van der Waals surface area contributed by atoms with E-state index < -0.39 is 0 Å². The summed E-state index contributed by atoms with van der Waals surface area (Å²) in [4.78, 5) is 10.5. The van der Waals surface area contributed by atoms with Gasteiger partial charge in [0, 0.05) is 11.8 Å². The van der Waals surface area contributed by atoms with E-state index in [1.54, 1.807) is 0 Å². The van der Waals surface area contributed by atoms with Crippen LogP contribution in [0.2, 0.25) is 0 Å². The van der Waals surface area contributed by atoms with Crippen molar-refractivity contribution in [2.45, 2.75) is 33.0 Å². The summed E-state index contributed by atoms with van der Waals surface area (Å²) in [5.41, 5.74) is 0.398. The molecule has 1 unspecified atom stereocenters. The topological polar surface area (TPSA) is 18.5 Å². The summed E-state index contributed by atoms with van der Waals surface area (Å²) in [5, 5.41) is 0.